The maximum absolute atomic E-state index is 12.9. The molecule has 1 aliphatic rings. The number of nitrogens with two attached hydrogens (primary N) is 1. The van der Waals surface area contributed by atoms with Gasteiger partial charge in [0.25, 0.3) is 0 Å². The molecule has 2 aromatic carbocycles. The Bertz CT molecular complexity index is 955. The van der Waals surface area contributed by atoms with Gasteiger partial charge in [-0.3, -0.25) is 4.79 Å². The van der Waals surface area contributed by atoms with Crippen LogP contribution in [0.4, 0.5) is 0 Å². The molecule has 1 aliphatic heterocycles. The number of fused-ring (bicyclic) bond motifs is 1. The number of carbonyl (C=O) groups excluding carboxylic acids is 1. The molecule has 0 radical (unpaired) electrons. The van der Waals surface area contributed by atoms with Crippen molar-refractivity contribution in [3.8, 4) is 11.5 Å². The highest BCUT2D eigenvalue weighted by Crippen LogP contribution is 2.34. The predicted molar refractivity (Wildman–Crippen MR) is 105 cm³/mol. The average Bonchev–Trinajstić information content (AvgIpc) is 2.90. The van der Waals surface area contributed by atoms with Gasteiger partial charge in [0.2, 0.25) is 15.9 Å². The van der Waals surface area contributed by atoms with Gasteiger partial charge in [-0.05, 0) is 47.9 Å². The number of primary amides is 1. The van der Waals surface area contributed by atoms with Crippen LogP contribution in [0.1, 0.15) is 42.2 Å². The number of nitrogens with one attached hydrogen (secondary N) is 1. The van der Waals surface area contributed by atoms with Crippen molar-refractivity contribution in [2.24, 2.45) is 11.7 Å². The number of carbonyl (C=O) groups is 1. The zero-order chi connectivity index (χ0) is 20.3. The molecule has 0 saturated carbocycles. The van der Waals surface area contributed by atoms with Gasteiger partial charge in [0.05, 0.1) is 18.1 Å². The molecular weight excluding hydrogens is 380 g/mol. The smallest absolute Gasteiger partial charge is 0.248 e. The van der Waals surface area contributed by atoms with Crippen LogP contribution >= 0.6 is 0 Å². The fraction of sp³-hybridized carbons (Fsp3) is 0.350. The first-order valence-corrected chi connectivity index (χ1v) is 10.6. The van der Waals surface area contributed by atoms with Gasteiger partial charge in [-0.2, -0.15) is 0 Å². The van der Waals surface area contributed by atoms with Crippen LogP contribution < -0.4 is 19.9 Å². The number of ether oxygens (including phenoxy) is 2. The summed E-state index contributed by atoms with van der Waals surface area (Å²) >= 11 is 0. The van der Waals surface area contributed by atoms with Crippen LogP contribution in [0.2, 0.25) is 0 Å². The van der Waals surface area contributed by atoms with Gasteiger partial charge in [-0.1, -0.05) is 19.9 Å². The van der Waals surface area contributed by atoms with Crippen molar-refractivity contribution in [1.82, 2.24) is 4.72 Å². The van der Waals surface area contributed by atoms with Crippen LogP contribution in [0.25, 0.3) is 0 Å². The van der Waals surface area contributed by atoms with Crippen LogP contribution in [0.5, 0.6) is 11.5 Å². The first kappa shape index (κ1) is 20.2. The maximum atomic E-state index is 12.9. The Morgan fingerprint density at radius 3 is 2.29 bits per heavy atom. The lowest BCUT2D eigenvalue weighted by atomic mass is 9.97. The van der Waals surface area contributed by atoms with Crippen molar-refractivity contribution in [2.45, 2.75) is 31.2 Å². The minimum atomic E-state index is -3.80. The minimum Gasteiger partial charge on any atom is -0.490 e. The van der Waals surface area contributed by atoms with E-state index in [2.05, 4.69) is 4.72 Å². The Morgan fingerprint density at radius 1 is 1.04 bits per heavy atom. The second-order valence-corrected chi connectivity index (χ2v) is 8.70. The molecule has 0 bridgehead atoms. The van der Waals surface area contributed by atoms with E-state index in [1.54, 1.807) is 6.07 Å². The molecule has 0 aliphatic carbocycles. The van der Waals surface area contributed by atoms with Gasteiger partial charge in [-0.15, -0.1) is 0 Å². The fourth-order valence-electron chi connectivity index (χ4n) is 3.00. The van der Waals surface area contributed by atoms with Crippen LogP contribution in [0, 0.1) is 5.92 Å². The highest BCUT2D eigenvalue weighted by molar-refractivity contribution is 7.89. The molecule has 1 amide bonds. The molecule has 0 fully saturated rings. The zero-order valence-electron chi connectivity index (χ0n) is 15.8. The minimum absolute atomic E-state index is 0.00980. The Morgan fingerprint density at radius 2 is 1.68 bits per heavy atom. The van der Waals surface area contributed by atoms with E-state index in [4.69, 9.17) is 15.2 Å². The average molecular weight is 404 g/mol. The molecule has 1 heterocycles. The summed E-state index contributed by atoms with van der Waals surface area (Å²) in [6.45, 7) is 5.02. The molecule has 8 heteroatoms. The second-order valence-electron chi connectivity index (χ2n) is 6.99. The monoisotopic (exact) mass is 404 g/mol. The third-order valence-corrected chi connectivity index (χ3v) is 5.99. The second kappa shape index (κ2) is 8.20. The van der Waals surface area contributed by atoms with Crippen molar-refractivity contribution < 1.29 is 22.7 Å². The summed E-state index contributed by atoms with van der Waals surface area (Å²) in [5.41, 5.74) is 6.25. The lowest BCUT2D eigenvalue weighted by Gasteiger charge is -2.24. The molecule has 1 unspecified atom stereocenters. The van der Waals surface area contributed by atoms with Crippen molar-refractivity contribution in [1.29, 1.82) is 0 Å². The molecule has 0 saturated heterocycles. The number of amides is 1. The molecule has 1 atom stereocenters. The van der Waals surface area contributed by atoms with E-state index < -0.39 is 22.0 Å². The van der Waals surface area contributed by atoms with Gasteiger partial charge < -0.3 is 15.2 Å². The van der Waals surface area contributed by atoms with Crippen molar-refractivity contribution in [2.75, 3.05) is 13.2 Å². The summed E-state index contributed by atoms with van der Waals surface area (Å²) < 4.78 is 39.8. The molecular formula is C20H24N2O5S. The Balaban J connectivity index is 1.88. The van der Waals surface area contributed by atoms with Gasteiger partial charge in [0.1, 0.15) is 0 Å². The maximum Gasteiger partial charge on any atom is 0.248 e. The Labute approximate surface area is 164 Å². The summed E-state index contributed by atoms with van der Waals surface area (Å²) in [6, 6.07) is 10.5. The third-order valence-electron chi connectivity index (χ3n) is 4.53. The predicted octanol–water partition coefficient (Wildman–Crippen LogP) is 2.62. The zero-order valence-corrected chi connectivity index (χ0v) is 16.7. The molecule has 0 spiro atoms. The van der Waals surface area contributed by atoms with Gasteiger partial charge in [0.15, 0.2) is 11.5 Å². The third kappa shape index (κ3) is 4.45. The largest absolute Gasteiger partial charge is 0.490 e. The van der Waals surface area contributed by atoms with E-state index in [0.717, 1.165) is 12.0 Å². The summed E-state index contributed by atoms with van der Waals surface area (Å²) in [6.07, 6.45) is 0.797. The van der Waals surface area contributed by atoms with Crippen molar-refractivity contribution >= 4 is 15.9 Å². The molecule has 7 nitrogen and oxygen atoms in total. The molecule has 0 aromatic heterocycles. The first-order valence-electron chi connectivity index (χ1n) is 9.09. The SMILES string of the molecule is CC(C)C(NS(=O)(=O)c1ccc(C(N)=O)cc1)c1ccc2c(c1)OCCCO2. The van der Waals surface area contributed by atoms with Gasteiger partial charge in [-0.25, -0.2) is 13.1 Å². The van der Waals surface area contributed by atoms with E-state index in [-0.39, 0.29) is 16.4 Å². The van der Waals surface area contributed by atoms with E-state index in [9.17, 15) is 13.2 Å². The lowest BCUT2D eigenvalue weighted by Crippen LogP contribution is -2.32. The summed E-state index contributed by atoms with van der Waals surface area (Å²) in [7, 11) is -3.80. The summed E-state index contributed by atoms with van der Waals surface area (Å²) in [5.74, 6) is 0.660. The molecule has 3 rings (SSSR count). The number of sulfonamides is 1. The van der Waals surface area contributed by atoms with Gasteiger partial charge in [0, 0.05) is 18.0 Å². The number of hydrogen-bond donors (Lipinski definition) is 2. The highest BCUT2D eigenvalue weighted by atomic mass is 32.2. The normalized spacial score (nSPS) is 15.1. The standard InChI is InChI=1S/C20H24N2O5S/c1-13(2)19(15-6-9-17-18(12-15)27-11-3-10-26-17)22-28(24,25)16-7-4-14(5-8-16)20(21)23/h4-9,12-13,19,22H,3,10-11H2,1-2H3,(H2,21,23). The van der Waals surface area contributed by atoms with E-state index in [1.807, 2.05) is 26.0 Å². The summed E-state index contributed by atoms with van der Waals surface area (Å²) in [4.78, 5) is 11.3. The van der Waals surface area contributed by atoms with Crippen LogP contribution in [-0.2, 0) is 10.0 Å². The van der Waals surface area contributed by atoms with Crippen LogP contribution in [0.3, 0.4) is 0 Å². The van der Waals surface area contributed by atoms with Gasteiger partial charge >= 0.3 is 0 Å². The summed E-state index contributed by atoms with van der Waals surface area (Å²) in [5, 5.41) is 0. The highest BCUT2D eigenvalue weighted by Gasteiger charge is 2.25. The lowest BCUT2D eigenvalue weighted by molar-refractivity contribution is 0.1000. The molecule has 3 N–H and O–H groups in total. The molecule has 2 aromatic rings. The number of rotatable bonds is 6. The number of hydrogen-bond acceptors (Lipinski definition) is 5. The van der Waals surface area contributed by atoms with E-state index >= 15 is 0 Å². The molecule has 28 heavy (non-hydrogen) atoms. The van der Waals surface area contributed by atoms with E-state index in [0.29, 0.717) is 24.7 Å². The van der Waals surface area contributed by atoms with E-state index in [1.165, 1.54) is 24.3 Å². The van der Waals surface area contributed by atoms with Crippen molar-refractivity contribution in [3.63, 3.8) is 0 Å². The molecule has 150 valence electrons. The Hall–Kier alpha value is -2.58. The van der Waals surface area contributed by atoms with Crippen molar-refractivity contribution in [3.05, 3.63) is 53.6 Å². The van der Waals surface area contributed by atoms with Crippen LogP contribution in [-0.4, -0.2) is 27.5 Å². The number of benzene rings is 2. The Kier molecular flexibility index (Phi) is 5.90. The van der Waals surface area contributed by atoms with Crippen LogP contribution in [0.15, 0.2) is 47.4 Å². The first-order chi connectivity index (χ1) is 13.3. The topological polar surface area (TPSA) is 108 Å². The quantitative estimate of drug-likeness (QED) is 0.769. The fourth-order valence-corrected chi connectivity index (χ4v) is 4.37.